The summed E-state index contributed by atoms with van der Waals surface area (Å²) in [6.07, 6.45) is 3.35. The highest BCUT2D eigenvalue weighted by Gasteiger charge is 2.16. The Hall–Kier alpha value is -1.10. The Kier molecular flexibility index (Phi) is 10.0. The van der Waals surface area contributed by atoms with Gasteiger partial charge in [0.25, 0.3) is 0 Å². The van der Waals surface area contributed by atoms with Crippen LogP contribution in [-0.4, -0.2) is 47.1 Å². The minimum absolute atomic E-state index is 0.0221. The molecule has 0 aliphatic rings. The van der Waals surface area contributed by atoms with Gasteiger partial charge in [0.1, 0.15) is 0 Å². The Balaban J connectivity index is 4.09. The maximum atomic E-state index is 12.0. The molecule has 0 fully saturated rings. The van der Waals surface area contributed by atoms with E-state index in [0.29, 0.717) is 12.5 Å². The summed E-state index contributed by atoms with van der Waals surface area (Å²) in [7, 11) is 0. The zero-order chi connectivity index (χ0) is 16.4. The van der Waals surface area contributed by atoms with E-state index in [0.717, 1.165) is 12.8 Å². The number of hydrogen-bond donors (Lipinski definition) is 2. The molecule has 0 saturated heterocycles. The van der Waals surface area contributed by atoms with Gasteiger partial charge >= 0.3 is 5.97 Å². The molecule has 0 aromatic carbocycles. The second-order valence-corrected chi connectivity index (χ2v) is 6.50. The van der Waals surface area contributed by atoms with Gasteiger partial charge in [-0.3, -0.25) is 14.5 Å². The Labute approximate surface area is 129 Å². The molecule has 0 bridgehead atoms. The fourth-order valence-corrected chi connectivity index (χ4v) is 2.17. The van der Waals surface area contributed by atoms with Gasteiger partial charge in [0.2, 0.25) is 5.91 Å². The predicted molar refractivity (Wildman–Crippen MR) is 85.3 cm³/mol. The fraction of sp³-hybridized carbons (Fsp3) is 0.875. The topological polar surface area (TPSA) is 69.6 Å². The normalized spacial score (nSPS) is 13.0. The number of rotatable bonds is 11. The number of carboxylic acids is 1. The third-order valence-electron chi connectivity index (χ3n) is 3.52. The van der Waals surface area contributed by atoms with Crippen LogP contribution in [0.3, 0.4) is 0 Å². The Morgan fingerprint density at radius 2 is 1.71 bits per heavy atom. The van der Waals surface area contributed by atoms with Crippen molar-refractivity contribution in [1.29, 1.82) is 0 Å². The molecular formula is C16H32N2O3. The first-order chi connectivity index (χ1) is 9.72. The van der Waals surface area contributed by atoms with Gasteiger partial charge in [0, 0.05) is 18.6 Å². The first-order valence-electron chi connectivity index (χ1n) is 7.97. The summed E-state index contributed by atoms with van der Waals surface area (Å²) in [6.45, 7) is 11.0. The van der Waals surface area contributed by atoms with Crippen LogP contribution in [-0.2, 0) is 9.59 Å². The molecule has 1 atom stereocenters. The highest BCUT2D eigenvalue weighted by molar-refractivity contribution is 5.78. The van der Waals surface area contributed by atoms with E-state index in [-0.39, 0.29) is 31.0 Å². The molecule has 0 aromatic heterocycles. The van der Waals surface area contributed by atoms with Gasteiger partial charge < -0.3 is 10.4 Å². The Morgan fingerprint density at radius 1 is 1.10 bits per heavy atom. The average molecular weight is 300 g/mol. The Bertz CT molecular complexity index is 317. The average Bonchev–Trinajstić information content (AvgIpc) is 2.33. The number of carbonyl (C=O) groups is 2. The van der Waals surface area contributed by atoms with Gasteiger partial charge in [0.15, 0.2) is 0 Å². The summed E-state index contributed by atoms with van der Waals surface area (Å²) >= 11 is 0. The van der Waals surface area contributed by atoms with E-state index in [4.69, 9.17) is 5.11 Å². The number of hydrogen-bond acceptors (Lipinski definition) is 3. The summed E-state index contributed by atoms with van der Waals surface area (Å²) in [4.78, 5) is 24.5. The van der Waals surface area contributed by atoms with E-state index in [2.05, 4.69) is 19.2 Å². The second kappa shape index (κ2) is 10.6. The van der Waals surface area contributed by atoms with Crippen LogP contribution in [0, 0.1) is 5.92 Å². The summed E-state index contributed by atoms with van der Waals surface area (Å²) in [6, 6.07) is 0.330. The van der Waals surface area contributed by atoms with Crippen LogP contribution in [0.4, 0.5) is 0 Å². The molecular weight excluding hydrogens is 268 g/mol. The lowest BCUT2D eigenvalue weighted by Crippen LogP contribution is -2.44. The van der Waals surface area contributed by atoms with Crippen molar-refractivity contribution in [3.05, 3.63) is 0 Å². The molecule has 0 aromatic rings. The van der Waals surface area contributed by atoms with E-state index >= 15 is 0 Å². The SMILES string of the molecule is CC(C)CCCC(C)NC(=O)CN(CCC(=O)O)C(C)C. The molecule has 2 N–H and O–H groups in total. The van der Waals surface area contributed by atoms with Crippen molar-refractivity contribution >= 4 is 11.9 Å². The molecule has 0 heterocycles. The second-order valence-electron chi connectivity index (χ2n) is 6.50. The van der Waals surface area contributed by atoms with Crippen molar-refractivity contribution in [3.8, 4) is 0 Å². The van der Waals surface area contributed by atoms with E-state index < -0.39 is 5.97 Å². The van der Waals surface area contributed by atoms with Crippen molar-refractivity contribution < 1.29 is 14.7 Å². The third kappa shape index (κ3) is 11.3. The largest absolute Gasteiger partial charge is 0.481 e. The van der Waals surface area contributed by atoms with Crippen LogP contribution in [0.15, 0.2) is 0 Å². The Morgan fingerprint density at radius 3 is 2.19 bits per heavy atom. The summed E-state index contributed by atoms with van der Waals surface area (Å²) in [5.74, 6) is -0.158. The standard InChI is InChI=1S/C16H32N2O3/c1-12(2)7-6-8-14(5)17-15(19)11-18(13(3)4)10-9-16(20)21/h12-14H,6-11H2,1-5H3,(H,17,19)(H,20,21). The number of nitrogens with one attached hydrogen (secondary N) is 1. The lowest BCUT2D eigenvalue weighted by atomic mass is 10.0. The van der Waals surface area contributed by atoms with E-state index in [9.17, 15) is 9.59 Å². The number of carbonyl (C=O) groups excluding carboxylic acids is 1. The zero-order valence-corrected chi connectivity index (χ0v) is 14.2. The van der Waals surface area contributed by atoms with Gasteiger partial charge in [-0.05, 0) is 33.1 Å². The quantitative estimate of drug-likeness (QED) is 0.615. The van der Waals surface area contributed by atoms with Gasteiger partial charge in [-0.2, -0.15) is 0 Å². The maximum Gasteiger partial charge on any atom is 0.304 e. The number of nitrogens with zero attached hydrogens (tertiary/aromatic N) is 1. The van der Waals surface area contributed by atoms with Gasteiger partial charge in [-0.1, -0.05) is 26.7 Å². The van der Waals surface area contributed by atoms with Gasteiger partial charge in [-0.25, -0.2) is 0 Å². The first kappa shape index (κ1) is 19.9. The molecule has 0 saturated carbocycles. The minimum Gasteiger partial charge on any atom is -0.481 e. The van der Waals surface area contributed by atoms with Crippen LogP contribution < -0.4 is 5.32 Å². The van der Waals surface area contributed by atoms with Crippen molar-refractivity contribution in [2.75, 3.05) is 13.1 Å². The third-order valence-corrected chi connectivity index (χ3v) is 3.52. The zero-order valence-electron chi connectivity index (χ0n) is 14.2. The van der Waals surface area contributed by atoms with Crippen molar-refractivity contribution in [1.82, 2.24) is 10.2 Å². The van der Waals surface area contributed by atoms with Crippen molar-refractivity contribution in [3.63, 3.8) is 0 Å². The molecule has 0 spiro atoms. The smallest absolute Gasteiger partial charge is 0.304 e. The minimum atomic E-state index is -0.830. The van der Waals surface area contributed by atoms with Crippen LogP contribution in [0.1, 0.15) is 60.3 Å². The van der Waals surface area contributed by atoms with E-state index in [1.54, 1.807) is 0 Å². The number of amides is 1. The van der Waals surface area contributed by atoms with E-state index in [1.807, 2.05) is 25.7 Å². The van der Waals surface area contributed by atoms with Crippen LogP contribution >= 0.6 is 0 Å². The maximum absolute atomic E-state index is 12.0. The van der Waals surface area contributed by atoms with Crippen LogP contribution in [0.25, 0.3) is 0 Å². The molecule has 5 nitrogen and oxygen atoms in total. The monoisotopic (exact) mass is 300 g/mol. The molecule has 21 heavy (non-hydrogen) atoms. The molecule has 0 rings (SSSR count). The highest BCUT2D eigenvalue weighted by atomic mass is 16.4. The lowest BCUT2D eigenvalue weighted by molar-refractivity contribution is -0.138. The van der Waals surface area contributed by atoms with Crippen LogP contribution in [0.2, 0.25) is 0 Å². The molecule has 1 unspecified atom stereocenters. The molecule has 0 radical (unpaired) electrons. The highest BCUT2D eigenvalue weighted by Crippen LogP contribution is 2.08. The van der Waals surface area contributed by atoms with Crippen molar-refractivity contribution in [2.45, 2.75) is 72.4 Å². The van der Waals surface area contributed by atoms with Crippen LogP contribution in [0.5, 0.6) is 0 Å². The summed E-state index contributed by atoms with van der Waals surface area (Å²) in [5.41, 5.74) is 0. The first-order valence-corrected chi connectivity index (χ1v) is 7.97. The molecule has 0 aliphatic carbocycles. The summed E-state index contributed by atoms with van der Waals surface area (Å²) in [5, 5.41) is 11.7. The number of aliphatic carboxylic acids is 1. The van der Waals surface area contributed by atoms with E-state index in [1.165, 1.54) is 6.42 Å². The van der Waals surface area contributed by atoms with Crippen molar-refractivity contribution in [2.24, 2.45) is 5.92 Å². The number of carboxylic acid groups (broad SMARTS) is 1. The molecule has 1 amide bonds. The summed E-state index contributed by atoms with van der Waals surface area (Å²) < 4.78 is 0. The fourth-order valence-electron chi connectivity index (χ4n) is 2.17. The molecule has 124 valence electrons. The van der Waals surface area contributed by atoms with Gasteiger partial charge in [0.05, 0.1) is 13.0 Å². The lowest BCUT2D eigenvalue weighted by Gasteiger charge is -2.26. The molecule has 0 aliphatic heterocycles. The predicted octanol–water partition coefficient (Wildman–Crippen LogP) is 2.50. The molecule has 5 heteroatoms. The van der Waals surface area contributed by atoms with Gasteiger partial charge in [-0.15, -0.1) is 0 Å².